The summed E-state index contributed by atoms with van der Waals surface area (Å²) >= 11 is 0. The van der Waals surface area contributed by atoms with E-state index in [4.69, 9.17) is 13.9 Å². The highest BCUT2D eigenvalue weighted by molar-refractivity contribution is 6.51. The molecular formula is C26H25NO6. The van der Waals surface area contributed by atoms with Crippen LogP contribution in [0.25, 0.3) is 5.76 Å². The summed E-state index contributed by atoms with van der Waals surface area (Å²) in [7, 11) is 2.98. The molecule has 1 aliphatic heterocycles. The fourth-order valence-electron chi connectivity index (χ4n) is 4.00. The first-order chi connectivity index (χ1) is 15.9. The highest BCUT2D eigenvalue weighted by Gasteiger charge is 2.48. The van der Waals surface area contributed by atoms with Gasteiger partial charge in [0.2, 0.25) is 0 Å². The van der Waals surface area contributed by atoms with Crippen molar-refractivity contribution in [1.29, 1.82) is 0 Å². The molecular weight excluding hydrogens is 422 g/mol. The van der Waals surface area contributed by atoms with Crippen LogP contribution in [0.15, 0.2) is 64.6 Å². The Morgan fingerprint density at radius 1 is 1.00 bits per heavy atom. The van der Waals surface area contributed by atoms with Crippen LogP contribution in [0.3, 0.4) is 0 Å². The third-order valence-corrected chi connectivity index (χ3v) is 5.75. The molecule has 2 aromatic carbocycles. The number of methoxy groups -OCH3 is 2. The van der Waals surface area contributed by atoms with Gasteiger partial charge in [0, 0.05) is 11.3 Å². The van der Waals surface area contributed by atoms with Crippen LogP contribution in [0.1, 0.15) is 35.6 Å². The Hall–Kier alpha value is -4.00. The number of benzene rings is 2. The molecule has 1 amide bonds. The second-order valence-electron chi connectivity index (χ2n) is 7.71. The number of furan rings is 1. The lowest BCUT2D eigenvalue weighted by Gasteiger charge is -2.23. The Morgan fingerprint density at radius 2 is 1.70 bits per heavy atom. The van der Waals surface area contributed by atoms with E-state index in [9.17, 15) is 14.7 Å². The number of hydrogen-bond acceptors (Lipinski definition) is 6. The Kier molecular flexibility index (Phi) is 5.96. The van der Waals surface area contributed by atoms with Crippen molar-refractivity contribution in [2.24, 2.45) is 0 Å². The number of rotatable bonds is 6. The van der Waals surface area contributed by atoms with Crippen molar-refractivity contribution in [3.8, 4) is 11.5 Å². The Balaban J connectivity index is 1.90. The average molecular weight is 447 g/mol. The summed E-state index contributed by atoms with van der Waals surface area (Å²) in [6, 6.07) is 14.7. The van der Waals surface area contributed by atoms with Crippen molar-refractivity contribution in [2.45, 2.75) is 26.3 Å². The molecule has 0 spiro atoms. The number of anilines is 1. The lowest BCUT2D eigenvalue weighted by atomic mass is 9.99. The fraction of sp³-hybridized carbons (Fsp3) is 0.231. The third-order valence-electron chi connectivity index (χ3n) is 5.75. The number of carbonyl (C=O) groups excluding carboxylic acids is 2. The summed E-state index contributed by atoms with van der Waals surface area (Å²) in [5.74, 6) is 0.0265. The van der Waals surface area contributed by atoms with Crippen LogP contribution in [-0.2, 0) is 16.0 Å². The minimum atomic E-state index is -0.917. The number of amides is 1. The number of aliphatic hydroxyl groups excluding tert-OH is 1. The first-order valence-electron chi connectivity index (χ1n) is 10.6. The Morgan fingerprint density at radius 3 is 2.27 bits per heavy atom. The molecule has 4 rings (SSSR count). The molecule has 0 radical (unpaired) electrons. The van der Waals surface area contributed by atoms with Crippen molar-refractivity contribution in [3.05, 3.63) is 82.8 Å². The molecule has 7 heteroatoms. The van der Waals surface area contributed by atoms with Crippen LogP contribution in [0, 0.1) is 6.92 Å². The van der Waals surface area contributed by atoms with Gasteiger partial charge in [0.1, 0.15) is 23.3 Å². The zero-order valence-electron chi connectivity index (χ0n) is 18.9. The summed E-state index contributed by atoms with van der Waals surface area (Å²) in [5.41, 5.74) is 1.91. The van der Waals surface area contributed by atoms with Crippen LogP contribution in [0.2, 0.25) is 0 Å². The average Bonchev–Trinajstić information content (AvgIpc) is 3.38. The molecule has 1 fully saturated rings. The molecule has 1 atom stereocenters. The maximum atomic E-state index is 13.2. The zero-order valence-corrected chi connectivity index (χ0v) is 18.9. The molecule has 7 nitrogen and oxygen atoms in total. The number of Topliss-reactive ketones (excluding diaryl/α,β-unsaturated/α-hetero) is 1. The highest BCUT2D eigenvalue weighted by Crippen LogP contribution is 2.43. The summed E-state index contributed by atoms with van der Waals surface area (Å²) in [4.78, 5) is 27.7. The number of hydrogen-bond donors (Lipinski definition) is 1. The standard InChI is InChI=1S/C26H25NO6/c1-5-16-7-10-18(11-8-16)27-23(20-12-6-15(2)33-20)22(25(29)26(27)30)24(28)17-9-13-19(31-3)21(14-17)32-4/h6-14,23,28H,5H2,1-4H3/b24-22-. The second-order valence-corrected chi connectivity index (χ2v) is 7.71. The van der Waals surface area contributed by atoms with E-state index in [1.165, 1.54) is 19.1 Å². The topological polar surface area (TPSA) is 89.2 Å². The third kappa shape index (κ3) is 3.86. The monoisotopic (exact) mass is 447 g/mol. The lowest BCUT2D eigenvalue weighted by molar-refractivity contribution is -0.132. The molecule has 3 aromatic rings. The number of nitrogens with zero attached hydrogens (tertiary/aromatic N) is 1. The minimum Gasteiger partial charge on any atom is -0.507 e. The van der Waals surface area contributed by atoms with Gasteiger partial charge in [0.25, 0.3) is 11.7 Å². The van der Waals surface area contributed by atoms with Gasteiger partial charge in [-0.3, -0.25) is 14.5 Å². The number of ketones is 1. The van der Waals surface area contributed by atoms with Gasteiger partial charge >= 0.3 is 0 Å². The Labute approximate surface area is 191 Å². The van der Waals surface area contributed by atoms with Gasteiger partial charge in [-0.05, 0) is 61.4 Å². The molecule has 1 aromatic heterocycles. The van der Waals surface area contributed by atoms with E-state index in [2.05, 4.69) is 0 Å². The van der Waals surface area contributed by atoms with Gasteiger partial charge in [-0.25, -0.2) is 0 Å². The van der Waals surface area contributed by atoms with Crippen molar-refractivity contribution < 1.29 is 28.6 Å². The first-order valence-corrected chi connectivity index (χ1v) is 10.6. The van der Waals surface area contributed by atoms with Crippen LogP contribution in [0.5, 0.6) is 11.5 Å². The van der Waals surface area contributed by atoms with Gasteiger partial charge in [-0.1, -0.05) is 19.1 Å². The summed E-state index contributed by atoms with van der Waals surface area (Å²) in [5, 5.41) is 11.2. The number of carbonyl (C=O) groups is 2. The van der Waals surface area contributed by atoms with E-state index in [0.29, 0.717) is 34.3 Å². The first kappa shape index (κ1) is 22.2. The molecule has 33 heavy (non-hydrogen) atoms. The van der Waals surface area contributed by atoms with Gasteiger partial charge in [-0.15, -0.1) is 0 Å². The zero-order chi connectivity index (χ0) is 23.7. The van der Waals surface area contributed by atoms with E-state index in [-0.39, 0.29) is 11.3 Å². The molecule has 170 valence electrons. The maximum Gasteiger partial charge on any atom is 0.300 e. The van der Waals surface area contributed by atoms with Crippen LogP contribution in [0.4, 0.5) is 5.69 Å². The second kappa shape index (κ2) is 8.86. The highest BCUT2D eigenvalue weighted by atomic mass is 16.5. The molecule has 0 saturated carbocycles. The SMILES string of the molecule is CCc1ccc(N2C(=O)C(=O)/C(=C(\O)c3ccc(OC)c(OC)c3)C2c2ccc(C)o2)cc1. The fourth-order valence-corrected chi connectivity index (χ4v) is 4.00. The van der Waals surface area contributed by atoms with Crippen molar-refractivity contribution in [2.75, 3.05) is 19.1 Å². The van der Waals surface area contributed by atoms with E-state index in [1.807, 2.05) is 19.1 Å². The number of aryl methyl sites for hydroxylation is 2. The number of ether oxygens (including phenoxy) is 2. The van der Waals surface area contributed by atoms with E-state index >= 15 is 0 Å². The Bertz CT molecular complexity index is 1240. The lowest BCUT2D eigenvalue weighted by Crippen LogP contribution is -2.29. The number of aliphatic hydroxyl groups is 1. The van der Waals surface area contributed by atoms with Crippen LogP contribution < -0.4 is 14.4 Å². The molecule has 2 heterocycles. The minimum absolute atomic E-state index is 0.0545. The van der Waals surface area contributed by atoms with Crippen molar-refractivity contribution in [1.82, 2.24) is 0 Å². The van der Waals surface area contributed by atoms with Gasteiger partial charge in [-0.2, -0.15) is 0 Å². The molecule has 1 saturated heterocycles. The molecule has 0 aliphatic carbocycles. The molecule has 1 N–H and O–H groups in total. The van der Waals surface area contributed by atoms with Crippen molar-refractivity contribution in [3.63, 3.8) is 0 Å². The van der Waals surface area contributed by atoms with Gasteiger partial charge < -0.3 is 19.0 Å². The van der Waals surface area contributed by atoms with Crippen LogP contribution >= 0.6 is 0 Å². The predicted molar refractivity (Wildman–Crippen MR) is 124 cm³/mol. The van der Waals surface area contributed by atoms with Gasteiger partial charge in [0.05, 0.1) is 19.8 Å². The molecule has 0 bridgehead atoms. The summed E-state index contributed by atoms with van der Waals surface area (Å²) < 4.78 is 16.4. The predicted octanol–water partition coefficient (Wildman–Crippen LogP) is 4.79. The smallest absolute Gasteiger partial charge is 0.300 e. The normalized spacial score (nSPS) is 17.5. The van der Waals surface area contributed by atoms with Crippen molar-refractivity contribution >= 4 is 23.1 Å². The quantitative estimate of drug-likeness (QED) is 0.332. The summed E-state index contributed by atoms with van der Waals surface area (Å²) in [6.07, 6.45) is 0.846. The van der Waals surface area contributed by atoms with E-state index < -0.39 is 17.7 Å². The molecule has 1 unspecified atom stereocenters. The van der Waals surface area contributed by atoms with E-state index in [0.717, 1.165) is 12.0 Å². The van der Waals surface area contributed by atoms with E-state index in [1.54, 1.807) is 49.4 Å². The summed E-state index contributed by atoms with van der Waals surface area (Å²) in [6.45, 7) is 3.82. The maximum absolute atomic E-state index is 13.2. The van der Waals surface area contributed by atoms with Gasteiger partial charge in [0.15, 0.2) is 11.5 Å². The van der Waals surface area contributed by atoms with Crippen LogP contribution in [-0.4, -0.2) is 31.0 Å². The largest absolute Gasteiger partial charge is 0.507 e. The molecule has 1 aliphatic rings.